The molecule has 1 fully saturated rings. The van der Waals surface area contributed by atoms with Crippen LogP contribution >= 0.6 is 11.6 Å². The Kier molecular flexibility index (Phi) is 5.78. The average Bonchev–Trinajstić information content (AvgIpc) is 2.64. The molecule has 1 saturated heterocycles. The maximum atomic E-state index is 12.5. The first kappa shape index (κ1) is 18.3. The van der Waals surface area contributed by atoms with Crippen LogP contribution in [0.25, 0.3) is 6.08 Å². The molecule has 2 heterocycles. The van der Waals surface area contributed by atoms with Crippen molar-refractivity contribution in [3.05, 3.63) is 58.8 Å². The zero-order valence-electron chi connectivity index (χ0n) is 14.9. The van der Waals surface area contributed by atoms with Crippen LogP contribution in [0.1, 0.15) is 18.9 Å². The summed E-state index contributed by atoms with van der Waals surface area (Å²) < 4.78 is 5.02. The van der Waals surface area contributed by atoms with E-state index in [1.54, 1.807) is 25.4 Å². The van der Waals surface area contributed by atoms with Gasteiger partial charge in [-0.1, -0.05) is 42.3 Å². The number of piperidine rings is 1. The van der Waals surface area contributed by atoms with E-state index >= 15 is 0 Å². The predicted octanol–water partition coefficient (Wildman–Crippen LogP) is 4.70. The summed E-state index contributed by atoms with van der Waals surface area (Å²) in [5, 5.41) is 3.62. The Morgan fingerprint density at radius 1 is 1.38 bits per heavy atom. The number of nitrogens with zero attached hydrogens (tertiary/aromatic N) is 2. The fourth-order valence-electron chi connectivity index (χ4n) is 3.04. The molecule has 1 unspecified atom stereocenters. The molecule has 1 aromatic heterocycles. The van der Waals surface area contributed by atoms with Crippen molar-refractivity contribution in [1.29, 1.82) is 0 Å². The van der Waals surface area contributed by atoms with Crippen LogP contribution in [-0.4, -0.2) is 36.1 Å². The number of urea groups is 1. The monoisotopic (exact) mass is 371 g/mol. The molecule has 1 aromatic carbocycles. The first-order chi connectivity index (χ1) is 12.5. The number of carbonyl (C=O) groups is 1. The molecule has 1 atom stereocenters. The Morgan fingerprint density at radius 2 is 2.23 bits per heavy atom. The number of rotatable bonds is 3. The van der Waals surface area contributed by atoms with Gasteiger partial charge in [0.1, 0.15) is 0 Å². The van der Waals surface area contributed by atoms with Gasteiger partial charge < -0.3 is 15.0 Å². The number of hydrogen-bond acceptors (Lipinski definition) is 3. The van der Waals surface area contributed by atoms with E-state index in [9.17, 15) is 4.79 Å². The van der Waals surface area contributed by atoms with E-state index < -0.39 is 0 Å². The number of benzene rings is 1. The van der Waals surface area contributed by atoms with Crippen LogP contribution in [0.15, 0.2) is 48.2 Å². The summed E-state index contributed by atoms with van der Waals surface area (Å²) in [6.45, 7) is 3.51. The van der Waals surface area contributed by atoms with Gasteiger partial charge in [-0.05, 0) is 36.1 Å². The molecule has 1 aliphatic heterocycles. The van der Waals surface area contributed by atoms with E-state index in [0.717, 1.165) is 17.0 Å². The van der Waals surface area contributed by atoms with E-state index in [1.165, 1.54) is 5.57 Å². The van der Waals surface area contributed by atoms with E-state index in [4.69, 9.17) is 16.3 Å². The van der Waals surface area contributed by atoms with E-state index in [-0.39, 0.29) is 6.03 Å². The van der Waals surface area contributed by atoms with Gasteiger partial charge in [-0.15, -0.1) is 0 Å². The number of ether oxygens (including phenoxy) is 1. The standard InChI is InChI=1S/C20H22ClN3O2/c1-14-13-24(20(25)23-18-6-7-19(26-2)22-12-18)9-8-16(14)10-15-4-3-5-17(21)11-15/h3-7,10-12,14H,8-9,13H2,1-2H3,(H,23,25)/b16-10+. The molecule has 2 aromatic rings. The number of likely N-dealkylation sites (tertiary alicyclic amines) is 1. The normalized spacial score (nSPS) is 18.7. The topological polar surface area (TPSA) is 54.5 Å². The van der Waals surface area contributed by atoms with Crippen LogP contribution in [0.3, 0.4) is 0 Å². The third-order valence-corrected chi connectivity index (χ3v) is 4.72. The largest absolute Gasteiger partial charge is 0.481 e. The number of nitrogens with one attached hydrogen (secondary N) is 1. The van der Waals surface area contributed by atoms with Crippen molar-refractivity contribution >= 4 is 29.4 Å². The summed E-state index contributed by atoms with van der Waals surface area (Å²) in [6, 6.07) is 11.2. The number of methoxy groups -OCH3 is 1. The minimum absolute atomic E-state index is 0.106. The summed E-state index contributed by atoms with van der Waals surface area (Å²) in [7, 11) is 1.56. The number of halogens is 1. The third kappa shape index (κ3) is 4.55. The lowest BCUT2D eigenvalue weighted by Crippen LogP contribution is -2.42. The third-order valence-electron chi connectivity index (χ3n) is 4.48. The van der Waals surface area contributed by atoms with Gasteiger partial charge in [0.2, 0.25) is 5.88 Å². The fourth-order valence-corrected chi connectivity index (χ4v) is 3.24. The second-order valence-electron chi connectivity index (χ2n) is 6.39. The SMILES string of the molecule is COc1ccc(NC(=O)N2CC/C(=C\c3cccc(Cl)c3)C(C)C2)cn1. The fraction of sp³-hybridized carbons (Fsp3) is 0.300. The molecule has 0 spiro atoms. The second kappa shape index (κ2) is 8.23. The van der Waals surface area contributed by atoms with Gasteiger partial charge in [-0.2, -0.15) is 0 Å². The Balaban J connectivity index is 1.61. The molecule has 0 radical (unpaired) electrons. The predicted molar refractivity (Wildman–Crippen MR) is 105 cm³/mol. The smallest absolute Gasteiger partial charge is 0.321 e. The van der Waals surface area contributed by atoms with Crippen LogP contribution in [0, 0.1) is 5.92 Å². The van der Waals surface area contributed by atoms with Gasteiger partial charge in [0, 0.05) is 24.2 Å². The highest BCUT2D eigenvalue weighted by Crippen LogP contribution is 2.26. The lowest BCUT2D eigenvalue weighted by molar-refractivity contribution is 0.198. The highest BCUT2D eigenvalue weighted by atomic mass is 35.5. The van der Waals surface area contributed by atoms with Crippen LogP contribution in [0.2, 0.25) is 5.02 Å². The molecule has 0 bridgehead atoms. The minimum atomic E-state index is -0.106. The van der Waals surface area contributed by atoms with Crippen LogP contribution in [0.4, 0.5) is 10.5 Å². The van der Waals surface area contributed by atoms with Gasteiger partial charge >= 0.3 is 6.03 Å². The van der Waals surface area contributed by atoms with E-state index in [2.05, 4.69) is 23.3 Å². The molecule has 1 aliphatic rings. The number of carbonyl (C=O) groups excluding carboxylic acids is 1. The zero-order chi connectivity index (χ0) is 18.5. The Hall–Kier alpha value is -2.53. The second-order valence-corrected chi connectivity index (χ2v) is 6.83. The van der Waals surface area contributed by atoms with Crippen molar-refractivity contribution < 1.29 is 9.53 Å². The molecule has 0 aliphatic carbocycles. The lowest BCUT2D eigenvalue weighted by atomic mass is 9.91. The molecule has 0 saturated carbocycles. The Bertz CT molecular complexity index is 805. The Morgan fingerprint density at radius 3 is 2.88 bits per heavy atom. The van der Waals surface area contributed by atoms with Crippen LogP contribution in [-0.2, 0) is 0 Å². The van der Waals surface area contributed by atoms with E-state index in [1.807, 2.05) is 29.2 Å². The van der Waals surface area contributed by atoms with Crippen molar-refractivity contribution in [2.45, 2.75) is 13.3 Å². The van der Waals surface area contributed by atoms with Crippen molar-refractivity contribution in [2.75, 3.05) is 25.5 Å². The first-order valence-corrected chi connectivity index (χ1v) is 8.95. The summed E-state index contributed by atoms with van der Waals surface area (Å²) in [5.41, 5.74) is 3.09. The number of pyridine rings is 1. The van der Waals surface area contributed by atoms with Crippen LogP contribution < -0.4 is 10.1 Å². The molecule has 136 valence electrons. The number of amides is 2. The lowest BCUT2D eigenvalue weighted by Gasteiger charge is -2.33. The van der Waals surface area contributed by atoms with Crippen molar-refractivity contribution in [3.8, 4) is 5.88 Å². The molecule has 1 N–H and O–H groups in total. The molecule has 2 amide bonds. The average molecular weight is 372 g/mol. The maximum absolute atomic E-state index is 12.5. The van der Waals surface area contributed by atoms with Gasteiger partial charge in [0.15, 0.2) is 0 Å². The molecule has 26 heavy (non-hydrogen) atoms. The van der Waals surface area contributed by atoms with Gasteiger partial charge in [0.25, 0.3) is 0 Å². The highest BCUT2D eigenvalue weighted by molar-refractivity contribution is 6.30. The van der Waals surface area contributed by atoms with Gasteiger partial charge in [0.05, 0.1) is 19.0 Å². The summed E-state index contributed by atoms with van der Waals surface area (Å²) >= 11 is 6.06. The van der Waals surface area contributed by atoms with Crippen LogP contribution in [0.5, 0.6) is 5.88 Å². The zero-order valence-corrected chi connectivity index (χ0v) is 15.7. The van der Waals surface area contributed by atoms with Gasteiger partial charge in [-0.25, -0.2) is 9.78 Å². The minimum Gasteiger partial charge on any atom is -0.481 e. The molecule has 6 heteroatoms. The quantitative estimate of drug-likeness (QED) is 0.850. The summed E-state index contributed by atoms with van der Waals surface area (Å²) in [5.74, 6) is 0.813. The van der Waals surface area contributed by atoms with Gasteiger partial charge in [-0.3, -0.25) is 0 Å². The maximum Gasteiger partial charge on any atom is 0.321 e. The highest BCUT2D eigenvalue weighted by Gasteiger charge is 2.24. The molecule has 5 nitrogen and oxygen atoms in total. The number of hydrogen-bond donors (Lipinski definition) is 1. The first-order valence-electron chi connectivity index (χ1n) is 8.57. The van der Waals surface area contributed by atoms with E-state index in [0.29, 0.717) is 30.6 Å². The van der Waals surface area contributed by atoms with Crippen molar-refractivity contribution in [1.82, 2.24) is 9.88 Å². The molecular formula is C20H22ClN3O2. The Labute approximate surface area is 158 Å². The molecule has 3 rings (SSSR count). The molecular weight excluding hydrogens is 350 g/mol. The summed E-state index contributed by atoms with van der Waals surface area (Å²) in [4.78, 5) is 18.4. The summed E-state index contributed by atoms with van der Waals surface area (Å²) in [6.07, 6.45) is 4.62. The number of aromatic nitrogens is 1. The number of anilines is 1. The van der Waals surface area contributed by atoms with Crippen molar-refractivity contribution in [3.63, 3.8) is 0 Å². The van der Waals surface area contributed by atoms with Crippen molar-refractivity contribution in [2.24, 2.45) is 5.92 Å².